The van der Waals surface area contributed by atoms with Crippen molar-refractivity contribution in [2.45, 2.75) is 37.6 Å². The highest BCUT2D eigenvalue weighted by atomic mass is 19.4. The first kappa shape index (κ1) is 23.9. The topological polar surface area (TPSA) is 46.8 Å². The molecule has 37 heavy (non-hydrogen) atoms. The Balaban J connectivity index is 1.62. The summed E-state index contributed by atoms with van der Waals surface area (Å²) in [5.74, 6) is -0.204. The van der Waals surface area contributed by atoms with Crippen molar-refractivity contribution in [3.05, 3.63) is 88.9 Å². The van der Waals surface area contributed by atoms with E-state index < -0.39 is 12.3 Å². The van der Waals surface area contributed by atoms with Gasteiger partial charge in [-0.3, -0.25) is 4.99 Å². The van der Waals surface area contributed by atoms with Gasteiger partial charge in [-0.1, -0.05) is 24.3 Å². The molecular weight excluding hydrogens is 484 g/mol. The van der Waals surface area contributed by atoms with Crippen LogP contribution in [0.5, 0.6) is 0 Å². The molecule has 0 saturated carbocycles. The van der Waals surface area contributed by atoms with Crippen LogP contribution in [0.1, 0.15) is 47.2 Å². The molecule has 2 aliphatic rings. The van der Waals surface area contributed by atoms with E-state index in [1.54, 1.807) is 24.3 Å². The zero-order valence-corrected chi connectivity index (χ0v) is 19.8. The highest BCUT2D eigenvalue weighted by molar-refractivity contribution is 6.03. The molecule has 4 aromatic rings. The first-order valence-corrected chi connectivity index (χ1v) is 12.2. The molecule has 0 radical (unpaired) electrons. The highest BCUT2D eigenvalue weighted by Crippen LogP contribution is 2.45. The van der Waals surface area contributed by atoms with Crippen molar-refractivity contribution in [1.82, 2.24) is 4.57 Å². The summed E-state index contributed by atoms with van der Waals surface area (Å²) in [4.78, 5) is 4.40. The van der Waals surface area contributed by atoms with Crippen LogP contribution in [0.3, 0.4) is 0 Å². The number of aliphatic hydroxyl groups is 1. The predicted molar refractivity (Wildman–Crippen MR) is 134 cm³/mol. The molecule has 0 bridgehead atoms. The monoisotopic (exact) mass is 508 g/mol. The maximum atomic E-state index is 13.9. The Morgan fingerprint density at radius 3 is 2.35 bits per heavy atom. The molecule has 1 fully saturated rings. The number of aromatic nitrogens is 1. The Morgan fingerprint density at radius 1 is 0.973 bits per heavy atom. The molecule has 4 nitrogen and oxygen atoms in total. The van der Waals surface area contributed by atoms with E-state index in [0.29, 0.717) is 19.8 Å². The zero-order chi connectivity index (χ0) is 25.7. The van der Waals surface area contributed by atoms with Crippen LogP contribution < -0.4 is 0 Å². The van der Waals surface area contributed by atoms with E-state index in [1.165, 1.54) is 24.3 Å². The van der Waals surface area contributed by atoms with Gasteiger partial charge in [-0.15, -0.1) is 0 Å². The third-order valence-corrected chi connectivity index (χ3v) is 7.27. The van der Waals surface area contributed by atoms with Crippen LogP contribution in [-0.4, -0.2) is 35.3 Å². The maximum Gasteiger partial charge on any atom is 0.418 e. The number of hydrogen-bond acceptors (Lipinski definition) is 3. The van der Waals surface area contributed by atoms with Gasteiger partial charge in [-0.05, 0) is 71.5 Å². The third-order valence-electron chi connectivity index (χ3n) is 7.27. The molecule has 6 rings (SSSR count). The standard InChI is InChI=1S/C29H24F4N2O2/c30-22-5-7-23(8-6-22)35-25-14-21-16-34-15-20(21)13-24(25)26(27(35)18-9-11-37-12-10-18)17-1-3-19(4-2-17)28(36)29(31,32)33/h1-8,13-14,16,18,28,36H,9-12,15H2. The number of ether oxygens (including phenoxy) is 1. The van der Waals surface area contributed by atoms with E-state index in [9.17, 15) is 22.7 Å². The molecule has 3 aromatic carbocycles. The quantitative estimate of drug-likeness (QED) is 0.306. The first-order valence-electron chi connectivity index (χ1n) is 12.2. The number of alkyl halides is 3. The van der Waals surface area contributed by atoms with Crippen molar-refractivity contribution < 1.29 is 27.4 Å². The lowest BCUT2D eigenvalue weighted by atomic mass is 9.89. The van der Waals surface area contributed by atoms with Crippen LogP contribution in [0.25, 0.3) is 27.7 Å². The fourth-order valence-electron chi connectivity index (χ4n) is 5.46. The SMILES string of the molecule is OC(c1ccc(-c2c(C3CCOCC3)n(-c3ccc(F)cc3)c3cc4c(cc23)CN=C4)cc1)C(F)(F)F. The molecule has 8 heteroatoms. The van der Waals surface area contributed by atoms with E-state index in [1.807, 2.05) is 6.21 Å². The van der Waals surface area contributed by atoms with Gasteiger partial charge in [0.25, 0.3) is 0 Å². The molecule has 1 unspecified atom stereocenters. The second kappa shape index (κ2) is 9.11. The van der Waals surface area contributed by atoms with Gasteiger partial charge in [0, 0.05) is 47.7 Å². The Labute approximate surface area is 210 Å². The smallest absolute Gasteiger partial charge is 0.381 e. The largest absolute Gasteiger partial charge is 0.418 e. The van der Waals surface area contributed by atoms with Crippen molar-refractivity contribution in [2.24, 2.45) is 4.99 Å². The Kier molecular flexibility index (Phi) is 5.88. The first-order chi connectivity index (χ1) is 17.8. The van der Waals surface area contributed by atoms with E-state index in [4.69, 9.17) is 4.74 Å². The van der Waals surface area contributed by atoms with Crippen LogP contribution in [0.2, 0.25) is 0 Å². The highest BCUT2D eigenvalue weighted by Gasteiger charge is 2.39. The number of aliphatic hydroxyl groups excluding tert-OH is 1. The van der Waals surface area contributed by atoms with Gasteiger partial charge in [0.05, 0.1) is 12.1 Å². The maximum absolute atomic E-state index is 13.9. The van der Waals surface area contributed by atoms with Crippen LogP contribution in [0.15, 0.2) is 65.7 Å². The lowest BCUT2D eigenvalue weighted by molar-refractivity contribution is -0.206. The molecule has 1 N–H and O–H groups in total. The summed E-state index contributed by atoms with van der Waals surface area (Å²) in [6.45, 7) is 1.78. The molecule has 0 spiro atoms. The van der Waals surface area contributed by atoms with Crippen LogP contribution >= 0.6 is 0 Å². The summed E-state index contributed by atoms with van der Waals surface area (Å²) in [7, 11) is 0. The molecule has 0 aliphatic carbocycles. The summed E-state index contributed by atoms with van der Waals surface area (Å²) in [6, 6.07) is 16.5. The van der Waals surface area contributed by atoms with Gasteiger partial charge in [0.2, 0.25) is 0 Å². The van der Waals surface area contributed by atoms with Crippen LogP contribution in [0.4, 0.5) is 17.6 Å². The van der Waals surface area contributed by atoms with Crippen molar-refractivity contribution in [1.29, 1.82) is 0 Å². The minimum absolute atomic E-state index is 0.130. The van der Waals surface area contributed by atoms with E-state index in [2.05, 4.69) is 21.7 Å². The number of aliphatic imine (C=N–C) groups is 1. The summed E-state index contributed by atoms with van der Waals surface area (Å²) in [5, 5.41) is 10.7. The molecular formula is C29H24F4N2O2. The molecule has 190 valence electrons. The minimum Gasteiger partial charge on any atom is -0.381 e. The van der Waals surface area contributed by atoms with Gasteiger partial charge >= 0.3 is 6.18 Å². The molecule has 1 saturated heterocycles. The Morgan fingerprint density at radius 2 is 1.68 bits per heavy atom. The lowest BCUT2D eigenvalue weighted by Gasteiger charge is -2.26. The van der Waals surface area contributed by atoms with Gasteiger partial charge in [0.15, 0.2) is 6.10 Å². The van der Waals surface area contributed by atoms with Crippen molar-refractivity contribution in [2.75, 3.05) is 13.2 Å². The lowest BCUT2D eigenvalue weighted by Crippen LogP contribution is -2.20. The summed E-state index contributed by atoms with van der Waals surface area (Å²) >= 11 is 0. The summed E-state index contributed by atoms with van der Waals surface area (Å²) in [6.07, 6.45) is -3.86. The average Bonchev–Trinajstić information content (AvgIpc) is 3.49. The fourth-order valence-corrected chi connectivity index (χ4v) is 5.46. The number of fused-ring (bicyclic) bond motifs is 2. The van der Waals surface area contributed by atoms with E-state index in [0.717, 1.165) is 57.4 Å². The van der Waals surface area contributed by atoms with E-state index >= 15 is 0 Å². The summed E-state index contributed by atoms with van der Waals surface area (Å²) in [5.41, 5.74) is 6.32. The fraction of sp³-hybridized carbons (Fsp3) is 0.276. The summed E-state index contributed by atoms with van der Waals surface area (Å²) < 4.78 is 61.0. The predicted octanol–water partition coefficient (Wildman–Crippen LogP) is 6.86. The number of benzene rings is 3. The van der Waals surface area contributed by atoms with Crippen molar-refractivity contribution in [3.8, 4) is 16.8 Å². The second-order valence-corrected chi connectivity index (χ2v) is 9.56. The number of hydrogen-bond donors (Lipinski definition) is 1. The second-order valence-electron chi connectivity index (χ2n) is 9.56. The van der Waals surface area contributed by atoms with Gasteiger partial charge < -0.3 is 14.4 Å². The minimum atomic E-state index is -4.74. The van der Waals surface area contributed by atoms with Crippen LogP contribution in [-0.2, 0) is 11.3 Å². The number of halogens is 4. The average molecular weight is 509 g/mol. The van der Waals surface area contributed by atoms with Crippen molar-refractivity contribution in [3.63, 3.8) is 0 Å². The van der Waals surface area contributed by atoms with E-state index in [-0.39, 0.29) is 17.3 Å². The molecule has 0 amide bonds. The third kappa shape index (κ3) is 4.24. The zero-order valence-electron chi connectivity index (χ0n) is 19.8. The normalized spacial score (nSPS) is 16.9. The Bertz CT molecular complexity index is 1480. The van der Waals surface area contributed by atoms with Crippen molar-refractivity contribution >= 4 is 17.1 Å². The molecule has 3 heterocycles. The molecule has 1 atom stereocenters. The van der Waals surface area contributed by atoms with Gasteiger partial charge in [-0.2, -0.15) is 13.2 Å². The number of nitrogens with zero attached hydrogens (tertiary/aromatic N) is 2. The van der Waals surface area contributed by atoms with Gasteiger partial charge in [-0.25, -0.2) is 4.39 Å². The number of rotatable bonds is 4. The van der Waals surface area contributed by atoms with Crippen LogP contribution in [0, 0.1) is 5.82 Å². The Hall–Kier alpha value is -3.49. The molecule has 1 aromatic heterocycles. The molecule has 2 aliphatic heterocycles. The van der Waals surface area contributed by atoms with Gasteiger partial charge in [0.1, 0.15) is 5.82 Å².